The van der Waals surface area contributed by atoms with Gasteiger partial charge in [-0.25, -0.2) is 9.97 Å². The summed E-state index contributed by atoms with van der Waals surface area (Å²) < 4.78 is 0. The first-order valence-corrected chi connectivity index (χ1v) is 9.89. The Labute approximate surface area is 180 Å². The lowest BCUT2D eigenvalue weighted by Gasteiger charge is -2.21. The second-order valence-corrected chi connectivity index (χ2v) is 6.92. The summed E-state index contributed by atoms with van der Waals surface area (Å²) in [6, 6.07) is 11.3. The van der Waals surface area contributed by atoms with E-state index in [4.69, 9.17) is 19.9 Å². The molecule has 4 rings (SSSR count). The molecule has 0 atom stereocenters. The molecule has 0 bridgehead atoms. The molecule has 0 radical (unpaired) electrons. The fourth-order valence-corrected chi connectivity index (χ4v) is 3.38. The number of carbonyl (C=O) groups excluding carboxylic acids is 1. The van der Waals surface area contributed by atoms with Gasteiger partial charge in [-0.3, -0.25) is 19.6 Å². The van der Waals surface area contributed by atoms with Gasteiger partial charge in [-0.15, -0.1) is 0 Å². The zero-order valence-corrected chi connectivity index (χ0v) is 17.2. The first kappa shape index (κ1) is 21.8. The molecular weight excluding hydrogens is 396 g/mol. The topological polar surface area (TPSA) is 121 Å². The Balaban J connectivity index is 0.000000858. The van der Waals surface area contributed by atoms with E-state index in [1.54, 1.807) is 12.4 Å². The third-order valence-electron chi connectivity index (χ3n) is 4.74. The number of aryl methyl sites for hydroxylation is 1. The van der Waals surface area contributed by atoms with Crippen LogP contribution in [-0.2, 0) is 29.0 Å². The molecule has 0 saturated heterocycles. The molecule has 1 aliphatic carbocycles. The second-order valence-electron chi connectivity index (χ2n) is 6.92. The highest BCUT2D eigenvalue weighted by Crippen LogP contribution is 2.30. The number of pyridine rings is 2. The van der Waals surface area contributed by atoms with Crippen LogP contribution < -0.4 is 10.2 Å². The smallest absolute Gasteiger partial charge is 0.290 e. The van der Waals surface area contributed by atoms with Crippen LogP contribution in [0, 0.1) is 0 Å². The Morgan fingerprint density at radius 2 is 1.87 bits per heavy atom. The molecule has 9 heteroatoms. The summed E-state index contributed by atoms with van der Waals surface area (Å²) in [6.07, 6.45) is 6.39. The SMILES string of the molecule is CN(CC(=O)NCc1ccccn1)c1nc(-c2ccccn2)nc2c1CCC2.O=CO. The summed E-state index contributed by atoms with van der Waals surface area (Å²) in [6.45, 7) is 0.381. The number of nitrogens with zero attached hydrogens (tertiary/aromatic N) is 5. The fourth-order valence-electron chi connectivity index (χ4n) is 3.38. The monoisotopic (exact) mass is 420 g/mol. The van der Waals surface area contributed by atoms with Crippen molar-refractivity contribution in [2.75, 3.05) is 18.5 Å². The first-order chi connectivity index (χ1) is 15.1. The van der Waals surface area contributed by atoms with Crippen LogP contribution in [0.4, 0.5) is 5.82 Å². The van der Waals surface area contributed by atoms with Crippen molar-refractivity contribution in [2.24, 2.45) is 0 Å². The minimum atomic E-state index is -0.250. The number of carbonyl (C=O) groups is 2. The third-order valence-corrected chi connectivity index (χ3v) is 4.74. The summed E-state index contributed by atoms with van der Waals surface area (Å²) >= 11 is 0. The van der Waals surface area contributed by atoms with Gasteiger partial charge in [0.05, 0.1) is 18.8 Å². The van der Waals surface area contributed by atoms with Crippen LogP contribution >= 0.6 is 0 Å². The van der Waals surface area contributed by atoms with Crippen molar-refractivity contribution in [3.8, 4) is 11.5 Å². The molecule has 9 nitrogen and oxygen atoms in total. The molecule has 3 aromatic heterocycles. The van der Waals surface area contributed by atoms with Crippen LogP contribution in [0.25, 0.3) is 11.5 Å². The van der Waals surface area contributed by atoms with E-state index in [1.165, 1.54) is 0 Å². The van der Waals surface area contributed by atoms with E-state index in [2.05, 4.69) is 15.3 Å². The van der Waals surface area contributed by atoms with Crippen molar-refractivity contribution in [3.63, 3.8) is 0 Å². The fraction of sp³-hybridized carbons (Fsp3) is 0.273. The van der Waals surface area contributed by atoms with Crippen LogP contribution in [0.3, 0.4) is 0 Å². The van der Waals surface area contributed by atoms with Crippen molar-refractivity contribution in [3.05, 3.63) is 65.7 Å². The molecule has 3 heterocycles. The number of fused-ring (bicyclic) bond motifs is 1. The standard InChI is InChI=1S/C21H22N6O.CH2O2/c1-27(14-19(28)24-13-15-7-2-4-11-22-15)21-16-8-6-10-17(16)25-20(26-21)18-9-3-5-12-23-18;2-1-3/h2-5,7,9,11-12H,6,8,10,13-14H2,1H3,(H,24,28);1H,(H,2,3). The molecular formula is C22H24N6O3. The normalized spacial score (nSPS) is 11.6. The number of anilines is 1. The van der Waals surface area contributed by atoms with Gasteiger partial charge >= 0.3 is 0 Å². The Kier molecular flexibility index (Phi) is 7.58. The first-order valence-electron chi connectivity index (χ1n) is 9.89. The lowest BCUT2D eigenvalue weighted by molar-refractivity contribution is -0.123. The average Bonchev–Trinajstić information content (AvgIpc) is 3.27. The van der Waals surface area contributed by atoms with E-state index in [1.807, 2.05) is 48.3 Å². The maximum Gasteiger partial charge on any atom is 0.290 e. The zero-order valence-electron chi connectivity index (χ0n) is 17.2. The lowest BCUT2D eigenvalue weighted by Crippen LogP contribution is -2.36. The van der Waals surface area contributed by atoms with Gasteiger partial charge in [-0.1, -0.05) is 12.1 Å². The number of hydrogen-bond donors (Lipinski definition) is 2. The van der Waals surface area contributed by atoms with E-state index >= 15 is 0 Å². The molecule has 3 aromatic rings. The van der Waals surface area contributed by atoms with Crippen molar-refractivity contribution in [2.45, 2.75) is 25.8 Å². The van der Waals surface area contributed by atoms with Gasteiger partial charge in [0.25, 0.3) is 6.47 Å². The van der Waals surface area contributed by atoms with E-state index in [0.717, 1.165) is 47.7 Å². The highest BCUT2D eigenvalue weighted by Gasteiger charge is 2.23. The lowest BCUT2D eigenvalue weighted by atomic mass is 10.2. The quantitative estimate of drug-likeness (QED) is 0.580. The number of nitrogens with one attached hydrogen (secondary N) is 1. The van der Waals surface area contributed by atoms with E-state index in [9.17, 15) is 4.79 Å². The van der Waals surface area contributed by atoms with Crippen LogP contribution in [-0.4, -0.2) is 51.0 Å². The summed E-state index contributed by atoms with van der Waals surface area (Å²) in [5, 5.41) is 9.80. The molecule has 0 saturated carbocycles. The van der Waals surface area contributed by atoms with Gasteiger partial charge in [0.2, 0.25) is 5.91 Å². The summed E-state index contributed by atoms with van der Waals surface area (Å²) in [5.41, 5.74) is 3.77. The highest BCUT2D eigenvalue weighted by molar-refractivity contribution is 5.81. The maximum absolute atomic E-state index is 12.4. The molecule has 0 aromatic carbocycles. The Morgan fingerprint density at radius 1 is 1.13 bits per heavy atom. The largest absolute Gasteiger partial charge is 0.483 e. The van der Waals surface area contributed by atoms with Gasteiger partial charge in [0.1, 0.15) is 11.5 Å². The van der Waals surface area contributed by atoms with Crippen LogP contribution in [0.5, 0.6) is 0 Å². The summed E-state index contributed by atoms with van der Waals surface area (Å²) in [5.74, 6) is 1.35. The zero-order chi connectivity index (χ0) is 22.1. The Morgan fingerprint density at radius 3 is 2.55 bits per heavy atom. The molecule has 2 N–H and O–H groups in total. The molecule has 0 aliphatic heterocycles. The van der Waals surface area contributed by atoms with Crippen molar-refractivity contribution >= 4 is 18.2 Å². The number of likely N-dealkylation sites (N-methyl/N-ethyl adjacent to an activating group) is 1. The van der Waals surface area contributed by atoms with E-state index in [-0.39, 0.29) is 18.9 Å². The van der Waals surface area contributed by atoms with Crippen molar-refractivity contribution in [1.29, 1.82) is 0 Å². The van der Waals surface area contributed by atoms with E-state index < -0.39 is 0 Å². The van der Waals surface area contributed by atoms with Gasteiger partial charge in [0, 0.05) is 30.7 Å². The average molecular weight is 420 g/mol. The summed E-state index contributed by atoms with van der Waals surface area (Å²) in [4.78, 5) is 40.7. The Hall–Kier alpha value is -3.88. The maximum atomic E-state index is 12.4. The molecule has 1 amide bonds. The van der Waals surface area contributed by atoms with Crippen molar-refractivity contribution in [1.82, 2.24) is 25.3 Å². The van der Waals surface area contributed by atoms with E-state index in [0.29, 0.717) is 12.4 Å². The minimum Gasteiger partial charge on any atom is -0.483 e. The highest BCUT2D eigenvalue weighted by atomic mass is 16.3. The van der Waals surface area contributed by atoms with Crippen molar-refractivity contribution < 1.29 is 14.7 Å². The second kappa shape index (κ2) is 10.8. The number of amides is 1. The van der Waals surface area contributed by atoms with Gasteiger partial charge in [-0.05, 0) is 43.5 Å². The number of carboxylic acid groups (broad SMARTS) is 1. The molecule has 0 unspecified atom stereocenters. The predicted octanol–water partition coefficient (Wildman–Crippen LogP) is 1.88. The minimum absolute atomic E-state index is 0.0714. The molecule has 0 spiro atoms. The number of aromatic nitrogens is 4. The van der Waals surface area contributed by atoms with Gasteiger partial charge < -0.3 is 15.3 Å². The van der Waals surface area contributed by atoms with Crippen LogP contribution in [0.2, 0.25) is 0 Å². The van der Waals surface area contributed by atoms with Crippen LogP contribution in [0.1, 0.15) is 23.4 Å². The third kappa shape index (κ3) is 5.81. The molecule has 1 aliphatic rings. The Bertz CT molecular complexity index is 1010. The number of rotatable bonds is 6. The predicted molar refractivity (Wildman–Crippen MR) is 115 cm³/mol. The van der Waals surface area contributed by atoms with Gasteiger partial charge in [-0.2, -0.15) is 0 Å². The molecule has 0 fully saturated rings. The molecule has 160 valence electrons. The van der Waals surface area contributed by atoms with Gasteiger partial charge in [0.15, 0.2) is 5.82 Å². The number of hydrogen-bond acceptors (Lipinski definition) is 7. The molecule has 31 heavy (non-hydrogen) atoms. The van der Waals surface area contributed by atoms with Crippen LogP contribution in [0.15, 0.2) is 48.8 Å². The summed E-state index contributed by atoms with van der Waals surface area (Å²) in [7, 11) is 1.89.